The van der Waals surface area contributed by atoms with Gasteiger partial charge in [0.1, 0.15) is 0 Å². The molecule has 0 atom stereocenters. The molecular formula is C14H7N3O6. The molecule has 0 radical (unpaired) electrons. The van der Waals surface area contributed by atoms with Crippen molar-refractivity contribution in [2.24, 2.45) is 0 Å². The first kappa shape index (κ1) is 14.3. The lowest BCUT2D eigenvalue weighted by atomic mass is 9.98. The van der Waals surface area contributed by atoms with Crippen LogP contribution in [0.15, 0.2) is 42.5 Å². The molecule has 0 saturated heterocycles. The van der Waals surface area contributed by atoms with Gasteiger partial charge in [0, 0.05) is 29.7 Å². The van der Waals surface area contributed by atoms with Crippen molar-refractivity contribution in [1.82, 2.24) is 0 Å². The Balaban J connectivity index is 2.57. The summed E-state index contributed by atoms with van der Waals surface area (Å²) in [5.74, 6) is 0. The van der Waals surface area contributed by atoms with Crippen molar-refractivity contribution < 1.29 is 14.8 Å². The Bertz CT molecular complexity index is 1010. The van der Waals surface area contributed by atoms with E-state index >= 15 is 0 Å². The smallest absolute Gasteiger partial charge is 0.258 e. The van der Waals surface area contributed by atoms with Crippen molar-refractivity contribution in [1.29, 1.82) is 0 Å². The van der Waals surface area contributed by atoms with Gasteiger partial charge in [0.2, 0.25) is 0 Å². The Morgan fingerprint density at radius 2 is 1.39 bits per heavy atom. The highest BCUT2D eigenvalue weighted by molar-refractivity contribution is 6.15. The van der Waals surface area contributed by atoms with Crippen LogP contribution in [-0.4, -0.2) is 14.8 Å². The molecule has 0 bridgehead atoms. The van der Waals surface area contributed by atoms with Crippen molar-refractivity contribution in [3.05, 3.63) is 72.8 Å². The summed E-state index contributed by atoms with van der Waals surface area (Å²) in [4.78, 5) is 31.4. The Hall–Kier alpha value is -3.62. The highest BCUT2D eigenvalue weighted by atomic mass is 16.6. The summed E-state index contributed by atoms with van der Waals surface area (Å²) in [7, 11) is 0. The fourth-order valence-corrected chi connectivity index (χ4v) is 2.58. The predicted molar refractivity (Wildman–Crippen MR) is 81.4 cm³/mol. The van der Waals surface area contributed by atoms with Gasteiger partial charge in [-0.25, -0.2) is 0 Å². The summed E-state index contributed by atoms with van der Waals surface area (Å²) >= 11 is 0. The molecule has 0 heterocycles. The summed E-state index contributed by atoms with van der Waals surface area (Å²) in [6.07, 6.45) is 0. The van der Waals surface area contributed by atoms with Crippen molar-refractivity contribution >= 4 is 38.6 Å². The van der Waals surface area contributed by atoms with E-state index in [0.29, 0.717) is 5.39 Å². The van der Waals surface area contributed by atoms with Crippen LogP contribution in [0.5, 0.6) is 0 Å². The van der Waals surface area contributed by atoms with Gasteiger partial charge in [0.25, 0.3) is 17.1 Å². The van der Waals surface area contributed by atoms with Gasteiger partial charge in [0.15, 0.2) is 0 Å². The standard InChI is InChI=1S/C14H7N3O6/c18-15(19)9-4-5-10-11(7-9)13(17(22)23)6-8-2-1-3-12(14(8)10)16(20)21/h1-7H. The molecule has 0 fully saturated rings. The van der Waals surface area contributed by atoms with E-state index < -0.39 is 14.8 Å². The lowest BCUT2D eigenvalue weighted by Gasteiger charge is -2.06. The number of rotatable bonds is 3. The monoisotopic (exact) mass is 313 g/mol. The Kier molecular flexibility index (Phi) is 3.10. The SMILES string of the molecule is O=[N+]([O-])c1ccc2c(c1)c([N+](=O)[O-])cc1cccc([N+](=O)[O-])c12. The maximum absolute atomic E-state index is 11.3. The molecule has 9 heteroatoms. The van der Waals surface area contributed by atoms with Gasteiger partial charge in [-0.05, 0) is 11.5 Å². The molecule has 0 aromatic heterocycles. The molecular weight excluding hydrogens is 306 g/mol. The number of fused-ring (bicyclic) bond motifs is 3. The van der Waals surface area contributed by atoms with E-state index in [-0.39, 0.29) is 33.2 Å². The minimum Gasteiger partial charge on any atom is -0.258 e. The normalized spacial score (nSPS) is 10.8. The molecule has 0 spiro atoms. The molecule has 3 aromatic carbocycles. The summed E-state index contributed by atoms with van der Waals surface area (Å²) in [6.45, 7) is 0. The first-order valence-electron chi connectivity index (χ1n) is 6.33. The lowest BCUT2D eigenvalue weighted by Crippen LogP contribution is -1.95. The maximum atomic E-state index is 11.3. The van der Waals surface area contributed by atoms with Crippen LogP contribution in [0, 0.1) is 30.3 Å². The van der Waals surface area contributed by atoms with Crippen LogP contribution < -0.4 is 0 Å². The highest BCUT2D eigenvalue weighted by Gasteiger charge is 2.22. The average molecular weight is 313 g/mol. The minimum atomic E-state index is -0.674. The van der Waals surface area contributed by atoms with E-state index in [4.69, 9.17) is 0 Å². The third-order valence-corrected chi connectivity index (χ3v) is 3.52. The second-order valence-corrected chi connectivity index (χ2v) is 4.77. The van der Waals surface area contributed by atoms with Crippen molar-refractivity contribution in [2.75, 3.05) is 0 Å². The maximum Gasteiger partial charge on any atom is 0.278 e. The van der Waals surface area contributed by atoms with E-state index in [0.717, 1.165) is 6.07 Å². The zero-order valence-electron chi connectivity index (χ0n) is 11.3. The predicted octanol–water partition coefficient (Wildman–Crippen LogP) is 3.72. The first-order valence-corrected chi connectivity index (χ1v) is 6.33. The van der Waals surface area contributed by atoms with Crippen molar-refractivity contribution in [2.45, 2.75) is 0 Å². The molecule has 0 aliphatic rings. The Labute approximate surface area is 127 Å². The van der Waals surface area contributed by atoms with Crippen LogP contribution in [0.1, 0.15) is 0 Å². The number of nitro benzene ring substituents is 3. The fourth-order valence-electron chi connectivity index (χ4n) is 2.58. The molecule has 0 N–H and O–H groups in total. The number of hydrogen-bond acceptors (Lipinski definition) is 6. The molecule has 9 nitrogen and oxygen atoms in total. The highest BCUT2D eigenvalue weighted by Crippen LogP contribution is 2.39. The van der Waals surface area contributed by atoms with Crippen LogP contribution >= 0.6 is 0 Å². The number of hydrogen-bond donors (Lipinski definition) is 0. The lowest BCUT2D eigenvalue weighted by molar-refractivity contribution is -0.386. The second-order valence-electron chi connectivity index (χ2n) is 4.77. The van der Waals surface area contributed by atoms with E-state index in [1.54, 1.807) is 0 Å². The molecule has 0 unspecified atom stereocenters. The zero-order valence-corrected chi connectivity index (χ0v) is 11.3. The van der Waals surface area contributed by atoms with Crippen LogP contribution in [0.25, 0.3) is 21.5 Å². The van der Waals surface area contributed by atoms with Gasteiger partial charge in [0.05, 0.1) is 25.5 Å². The molecule has 0 aliphatic carbocycles. The zero-order chi connectivity index (χ0) is 16.7. The van der Waals surface area contributed by atoms with E-state index in [1.807, 2.05) is 0 Å². The molecule has 3 aromatic rings. The number of benzene rings is 3. The van der Waals surface area contributed by atoms with Gasteiger partial charge in [-0.2, -0.15) is 0 Å². The number of non-ortho nitro benzene ring substituents is 3. The summed E-state index contributed by atoms with van der Waals surface area (Å²) in [5, 5.41) is 34.1. The quantitative estimate of drug-likeness (QED) is 0.411. The van der Waals surface area contributed by atoms with Crippen molar-refractivity contribution in [3.63, 3.8) is 0 Å². The van der Waals surface area contributed by atoms with E-state index in [1.165, 1.54) is 36.4 Å². The largest absolute Gasteiger partial charge is 0.278 e. The Morgan fingerprint density at radius 3 is 2.00 bits per heavy atom. The molecule has 3 rings (SSSR count). The van der Waals surface area contributed by atoms with Crippen LogP contribution in [-0.2, 0) is 0 Å². The summed E-state index contributed by atoms with van der Waals surface area (Å²) in [6, 6.07) is 8.96. The average Bonchev–Trinajstić information content (AvgIpc) is 2.52. The molecule has 0 aliphatic heterocycles. The van der Waals surface area contributed by atoms with Gasteiger partial charge >= 0.3 is 0 Å². The van der Waals surface area contributed by atoms with Gasteiger partial charge < -0.3 is 0 Å². The molecule has 0 saturated carbocycles. The second kappa shape index (κ2) is 4.98. The van der Waals surface area contributed by atoms with Crippen LogP contribution in [0.2, 0.25) is 0 Å². The third-order valence-electron chi connectivity index (χ3n) is 3.52. The summed E-state index contributed by atoms with van der Waals surface area (Å²) in [5.41, 5.74) is -0.869. The molecule has 114 valence electrons. The van der Waals surface area contributed by atoms with Gasteiger partial charge in [-0.1, -0.05) is 12.1 Å². The summed E-state index contributed by atoms with van der Waals surface area (Å²) < 4.78 is 0. The van der Waals surface area contributed by atoms with E-state index in [9.17, 15) is 30.3 Å². The van der Waals surface area contributed by atoms with Gasteiger partial charge in [-0.3, -0.25) is 30.3 Å². The third kappa shape index (κ3) is 2.20. The number of nitrogens with zero attached hydrogens (tertiary/aromatic N) is 3. The van der Waals surface area contributed by atoms with Gasteiger partial charge in [-0.15, -0.1) is 0 Å². The van der Waals surface area contributed by atoms with E-state index in [2.05, 4.69) is 0 Å². The topological polar surface area (TPSA) is 129 Å². The fraction of sp³-hybridized carbons (Fsp3) is 0. The number of nitro groups is 3. The van der Waals surface area contributed by atoms with Crippen LogP contribution in [0.4, 0.5) is 17.1 Å². The molecule has 23 heavy (non-hydrogen) atoms. The molecule has 0 amide bonds. The first-order chi connectivity index (χ1) is 10.9. The Morgan fingerprint density at radius 1 is 0.696 bits per heavy atom. The van der Waals surface area contributed by atoms with Crippen molar-refractivity contribution in [3.8, 4) is 0 Å². The van der Waals surface area contributed by atoms with Crippen LogP contribution in [0.3, 0.4) is 0 Å². The minimum absolute atomic E-state index is 0.00833.